The van der Waals surface area contributed by atoms with Gasteiger partial charge >= 0.3 is 0 Å². The van der Waals surface area contributed by atoms with E-state index in [1.807, 2.05) is 62.5 Å². The van der Waals surface area contributed by atoms with Gasteiger partial charge in [-0.25, -0.2) is 9.97 Å². The molecule has 2 aromatic carbocycles. The third-order valence-electron chi connectivity index (χ3n) is 4.51. The molecule has 3 aromatic rings. The molecule has 6 nitrogen and oxygen atoms in total. The summed E-state index contributed by atoms with van der Waals surface area (Å²) in [4.78, 5) is 10.7. The molecule has 0 saturated carbocycles. The summed E-state index contributed by atoms with van der Waals surface area (Å²) < 4.78 is 16.6. The van der Waals surface area contributed by atoms with Crippen molar-refractivity contribution in [2.45, 2.75) is 13.3 Å². The molecule has 0 aliphatic rings. The smallest absolute Gasteiger partial charge is 0.224 e. The van der Waals surface area contributed by atoms with Crippen LogP contribution in [0.2, 0.25) is 0 Å². The van der Waals surface area contributed by atoms with Crippen LogP contribution in [-0.4, -0.2) is 37.8 Å². The van der Waals surface area contributed by atoms with Gasteiger partial charge in [0.2, 0.25) is 5.88 Å². The summed E-state index contributed by atoms with van der Waals surface area (Å²) in [5, 5.41) is 0. The van der Waals surface area contributed by atoms with Gasteiger partial charge in [0.1, 0.15) is 17.9 Å². The predicted octanol–water partition coefficient (Wildman–Crippen LogP) is 4.27. The molecule has 0 bridgehead atoms. The Hall–Kier alpha value is -3.28. The number of hydrogen-bond donors (Lipinski definition) is 0. The van der Waals surface area contributed by atoms with Crippen LogP contribution in [0.4, 0.5) is 5.82 Å². The van der Waals surface area contributed by atoms with E-state index in [1.165, 1.54) is 6.33 Å². The summed E-state index contributed by atoms with van der Waals surface area (Å²) in [5.41, 5.74) is 2.22. The molecule has 0 unspecified atom stereocenters. The molecular weight excluding hydrogens is 354 g/mol. The highest BCUT2D eigenvalue weighted by atomic mass is 16.5. The fourth-order valence-corrected chi connectivity index (χ4v) is 2.83. The summed E-state index contributed by atoms with van der Waals surface area (Å²) in [5.74, 6) is 3.59. The van der Waals surface area contributed by atoms with Crippen LogP contribution < -0.4 is 19.1 Å². The first-order valence-electron chi connectivity index (χ1n) is 9.08. The second-order valence-corrected chi connectivity index (χ2v) is 6.44. The number of nitrogens with zero attached hydrogens (tertiary/aromatic N) is 3. The zero-order chi connectivity index (χ0) is 19.9. The number of para-hydroxylation sites is 1. The Morgan fingerprint density at radius 3 is 2.43 bits per heavy atom. The van der Waals surface area contributed by atoms with Gasteiger partial charge in [0, 0.05) is 19.7 Å². The Balaban J connectivity index is 1.66. The van der Waals surface area contributed by atoms with Crippen LogP contribution in [0.1, 0.15) is 11.1 Å². The maximum Gasteiger partial charge on any atom is 0.224 e. The lowest BCUT2D eigenvalue weighted by molar-refractivity contribution is 0.354. The number of anilines is 1. The van der Waals surface area contributed by atoms with Gasteiger partial charge in [0.05, 0.1) is 14.2 Å². The van der Waals surface area contributed by atoms with Crippen LogP contribution in [0.15, 0.2) is 54.9 Å². The number of aryl methyl sites for hydroxylation is 1. The third-order valence-corrected chi connectivity index (χ3v) is 4.51. The molecule has 1 aromatic heterocycles. The number of aromatic nitrogens is 2. The van der Waals surface area contributed by atoms with E-state index in [1.54, 1.807) is 14.2 Å². The molecule has 0 N–H and O–H groups in total. The zero-order valence-electron chi connectivity index (χ0n) is 16.7. The quantitative estimate of drug-likeness (QED) is 0.582. The summed E-state index contributed by atoms with van der Waals surface area (Å²) in [6.45, 7) is 2.79. The second kappa shape index (κ2) is 9.08. The maximum absolute atomic E-state index is 5.91. The fraction of sp³-hybridized carbons (Fsp3) is 0.273. The number of ether oxygens (including phenoxy) is 3. The lowest BCUT2D eigenvalue weighted by Crippen LogP contribution is -2.21. The Morgan fingerprint density at radius 1 is 0.893 bits per heavy atom. The Labute approximate surface area is 165 Å². The van der Waals surface area contributed by atoms with E-state index in [0.29, 0.717) is 5.88 Å². The summed E-state index contributed by atoms with van der Waals surface area (Å²) >= 11 is 0. The van der Waals surface area contributed by atoms with Crippen LogP contribution in [0, 0.1) is 6.92 Å². The Bertz CT molecular complexity index is 930. The first kappa shape index (κ1) is 19.5. The van der Waals surface area contributed by atoms with Crippen molar-refractivity contribution < 1.29 is 14.2 Å². The van der Waals surface area contributed by atoms with E-state index in [-0.39, 0.29) is 0 Å². The fourth-order valence-electron chi connectivity index (χ4n) is 2.83. The minimum atomic E-state index is 0.525. The average Bonchev–Trinajstić information content (AvgIpc) is 2.73. The molecular formula is C22H25N3O3. The summed E-state index contributed by atoms with van der Waals surface area (Å²) in [6, 6.07) is 15.7. The monoisotopic (exact) mass is 379 g/mol. The summed E-state index contributed by atoms with van der Waals surface area (Å²) in [6.07, 6.45) is 2.37. The Kier molecular flexibility index (Phi) is 6.32. The molecule has 1 heterocycles. The molecule has 0 radical (unpaired) electrons. The minimum absolute atomic E-state index is 0.525. The lowest BCUT2D eigenvalue weighted by atomic mass is 10.1. The number of benzene rings is 2. The lowest BCUT2D eigenvalue weighted by Gasteiger charge is -2.19. The first-order valence-corrected chi connectivity index (χ1v) is 9.08. The second-order valence-electron chi connectivity index (χ2n) is 6.44. The topological polar surface area (TPSA) is 56.7 Å². The maximum atomic E-state index is 5.91. The minimum Gasteiger partial charge on any atom is -0.493 e. The van der Waals surface area contributed by atoms with Crippen molar-refractivity contribution in [3.05, 3.63) is 66.0 Å². The molecule has 0 aliphatic carbocycles. The molecule has 146 valence electrons. The van der Waals surface area contributed by atoms with E-state index >= 15 is 0 Å². The van der Waals surface area contributed by atoms with E-state index in [0.717, 1.165) is 47.2 Å². The van der Waals surface area contributed by atoms with Crippen LogP contribution in [-0.2, 0) is 6.42 Å². The van der Waals surface area contributed by atoms with Gasteiger partial charge in [-0.3, -0.25) is 0 Å². The molecule has 28 heavy (non-hydrogen) atoms. The van der Waals surface area contributed by atoms with Crippen molar-refractivity contribution in [2.24, 2.45) is 0 Å². The van der Waals surface area contributed by atoms with Gasteiger partial charge in [-0.1, -0.05) is 24.3 Å². The van der Waals surface area contributed by atoms with E-state index in [4.69, 9.17) is 14.2 Å². The van der Waals surface area contributed by atoms with Gasteiger partial charge in [-0.2, -0.15) is 0 Å². The molecule has 0 fully saturated rings. The van der Waals surface area contributed by atoms with Crippen LogP contribution in [0.25, 0.3) is 0 Å². The zero-order valence-corrected chi connectivity index (χ0v) is 16.7. The van der Waals surface area contributed by atoms with Gasteiger partial charge in [0.25, 0.3) is 0 Å². The third kappa shape index (κ3) is 4.71. The molecule has 0 amide bonds. The van der Waals surface area contributed by atoms with Crippen molar-refractivity contribution in [2.75, 3.05) is 32.7 Å². The molecule has 6 heteroatoms. The number of likely N-dealkylation sites (N-methyl/N-ethyl adjacent to an activating group) is 1. The van der Waals surface area contributed by atoms with Crippen molar-refractivity contribution in [1.82, 2.24) is 9.97 Å². The molecule has 0 aliphatic heterocycles. The number of hydrogen-bond acceptors (Lipinski definition) is 6. The van der Waals surface area contributed by atoms with Gasteiger partial charge in [-0.05, 0) is 42.7 Å². The van der Waals surface area contributed by atoms with Crippen molar-refractivity contribution in [1.29, 1.82) is 0 Å². The Morgan fingerprint density at radius 2 is 1.68 bits per heavy atom. The molecule has 3 rings (SSSR count). The first-order chi connectivity index (χ1) is 13.6. The molecule has 0 saturated heterocycles. The van der Waals surface area contributed by atoms with Gasteiger partial charge < -0.3 is 19.1 Å². The van der Waals surface area contributed by atoms with Crippen LogP contribution in [0.3, 0.4) is 0 Å². The highest BCUT2D eigenvalue weighted by Gasteiger charge is 2.09. The largest absolute Gasteiger partial charge is 0.493 e. The van der Waals surface area contributed by atoms with Crippen molar-refractivity contribution >= 4 is 5.82 Å². The number of rotatable bonds is 8. The number of methoxy groups -OCH3 is 2. The van der Waals surface area contributed by atoms with Crippen molar-refractivity contribution in [3.63, 3.8) is 0 Å². The molecule has 0 atom stereocenters. The molecule has 0 spiro atoms. The average molecular weight is 379 g/mol. The normalized spacial score (nSPS) is 10.4. The van der Waals surface area contributed by atoms with Gasteiger partial charge in [0.15, 0.2) is 11.5 Å². The van der Waals surface area contributed by atoms with Crippen molar-refractivity contribution in [3.8, 4) is 23.1 Å². The van der Waals surface area contributed by atoms with Crippen LogP contribution >= 0.6 is 0 Å². The highest BCUT2D eigenvalue weighted by Crippen LogP contribution is 2.28. The van der Waals surface area contributed by atoms with E-state index in [2.05, 4.69) is 14.9 Å². The van der Waals surface area contributed by atoms with Crippen LogP contribution in [0.5, 0.6) is 23.1 Å². The SMILES string of the molecule is COc1ccc(CCN(C)c2cc(Oc3ccccc3C)ncn2)cc1OC. The predicted molar refractivity (Wildman–Crippen MR) is 110 cm³/mol. The van der Waals surface area contributed by atoms with E-state index < -0.39 is 0 Å². The highest BCUT2D eigenvalue weighted by molar-refractivity contribution is 5.45. The van der Waals surface area contributed by atoms with E-state index in [9.17, 15) is 0 Å². The summed E-state index contributed by atoms with van der Waals surface area (Å²) in [7, 11) is 5.28. The standard InChI is InChI=1S/C22H25N3O3/c1-16-7-5-6-8-18(16)28-22-14-21(23-15-24-22)25(2)12-11-17-9-10-19(26-3)20(13-17)27-4/h5-10,13-15H,11-12H2,1-4H3. The van der Waals surface area contributed by atoms with Gasteiger partial charge in [-0.15, -0.1) is 0 Å².